The fourth-order valence-electron chi connectivity index (χ4n) is 1.62. The van der Waals surface area contributed by atoms with Crippen molar-refractivity contribution in [3.63, 3.8) is 0 Å². The Labute approximate surface area is 111 Å². The summed E-state index contributed by atoms with van der Waals surface area (Å²) in [4.78, 5) is 12.7. The molecule has 0 bridgehead atoms. The second-order valence-corrected chi connectivity index (χ2v) is 5.79. The number of phenolic OH excluding ortho intramolecular Hbond substituents is 1. The number of fused-ring (bicyclic) bond motifs is 1. The predicted octanol–water partition coefficient (Wildman–Crippen LogP) is 3.92. The molecule has 0 aliphatic rings. The summed E-state index contributed by atoms with van der Waals surface area (Å²) >= 11 is 3.11. The second kappa shape index (κ2) is 4.44. The van der Waals surface area contributed by atoms with Crippen molar-refractivity contribution < 1.29 is 9.90 Å². The summed E-state index contributed by atoms with van der Waals surface area (Å²) in [6.07, 6.45) is 0. The summed E-state index contributed by atoms with van der Waals surface area (Å²) in [5.41, 5.74) is 0.676. The highest BCUT2D eigenvalue weighted by atomic mass is 32.1. The maximum atomic E-state index is 12.0. The van der Waals surface area contributed by atoms with E-state index < -0.39 is 0 Å². The number of aromatic hydroxyl groups is 1. The average molecular weight is 275 g/mol. The van der Waals surface area contributed by atoms with E-state index in [1.807, 2.05) is 17.5 Å². The molecule has 90 valence electrons. The molecule has 0 saturated heterocycles. The fraction of sp³-hybridized carbons (Fsp3) is 0. The van der Waals surface area contributed by atoms with Gasteiger partial charge in [-0.3, -0.25) is 4.79 Å². The molecule has 0 aliphatic heterocycles. The molecule has 18 heavy (non-hydrogen) atoms. The van der Waals surface area contributed by atoms with Crippen molar-refractivity contribution >= 4 is 43.7 Å². The van der Waals surface area contributed by atoms with Gasteiger partial charge >= 0.3 is 0 Å². The van der Waals surface area contributed by atoms with Gasteiger partial charge in [-0.05, 0) is 41.8 Å². The van der Waals surface area contributed by atoms with Crippen LogP contribution in [0, 0.1) is 0 Å². The van der Waals surface area contributed by atoms with Crippen molar-refractivity contribution in [2.75, 3.05) is 5.32 Å². The highest BCUT2D eigenvalue weighted by Gasteiger charge is 2.11. The number of carbonyl (C=O) groups is 1. The normalized spacial score (nSPS) is 10.7. The van der Waals surface area contributed by atoms with Gasteiger partial charge in [-0.1, -0.05) is 0 Å². The van der Waals surface area contributed by atoms with E-state index in [-0.39, 0.29) is 11.7 Å². The molecule has 0 fully saturated rings. The van der Waals surface area contributed by atoms with Crippen molar-refractivity contribution in [3.05, 3.63) is 46.7 Å². The summed E-state index contributed by atoms with van der Waals surface area (Å²) in [7, 11) is 0. The Morgan fingerprint density at radius 3 is 2.61 bits per heavy atom. The van der Waals surface area contributed by atoms with Gasteiger partial charge in [0, 0.05) is 15.1 Å². The number of thiophene rings is 2. The van der Waals surface area contributed by atoms with Gasteiger partial charge in [0.1, 0.15) is 5.75 Å². The number of rotatable bonds is 2. The molecular weight excluding hydrogens is 266 g/mol. The lowest BCUT2D eigenvalue weighted by Crippen LogP contribution is -2.09. The zero-order valence-electron chi connectivity index (χ0n) is 9.21. The number of hydrogen-bond acceptors (Lipinski definition) is 4. The maximum absolute atomic E-state index is 12.0. The van der Waals surface area contributed by atoms with Crippen LogP contribution in [-0.2, 0) is 0 Å². The quantitative estimate of drug-likeness (QED) is 0.696. The number of amides is 1. The van der Waals surface area contributed by atoms with Gasteiger partial charge in [0.15, 0.2) is 0 Å². The van der Waals surface area contributed by atoms with E-state index in [1.54, 1.807) is 35.6 Å². The lowest BCUT2D eigenvalue weighted by molar-refractivity contribution is 0.103. The van der Waals surface area contributed by atoms with Gasteiger partial charge in [0.25, 0.3) is 5.91 Å². The first-order valence-corrected chi connectivity index (χ1v) is 6.99. The molecule has 2 N–H and O–H groups in total. The molecule has 2 heterocycles. The van der Waals surface area contributed by atoms with Gasteiger partial charge in [-0.15, -0.1) is 22.7 Å². The standard InChI is InChI=1S/C13H9NO2S2/c15-9-3-1-8(2-4-9)14-13(16)12-7-11-10(18-12)5-6-17-11/h1-7,15H,(H,14,16). The minimum atomic E-state index is -0.117. The number of hydrogen-bond donors (Lipinski definition) is 2. The third-order valence-electron chi connectivity index (χ3n) is 2.49. The molecule has 0 saturated carbocycles. The monoisotopic (exact) mass is 275 g/mol. The van der Waals surface area contributed by atoms with Crippen LogP contribution in [0.5, 0.6) is 5.75 Å². The van der Waals surface area contributed by atoms with E-state index in [1.165, 1.54) is 11.3 Å². The largest absolute Gasteiger partial charge is 0.508 e. The van der Waals surface area contributed by atoms with Crippen molar-refractivity contribution in [2.24, 2.45) is 0 Å². The Balaban J connectivity index is 1.82. The smallest absolute Gasteiger partial charge is 0.265 e. The minimum Gasteiger partial charge on any atom is -0.508 e. The first-order valence-electron chi connectivity index (χ1n) is 5.30. The molecule has 3 nitrogen and oxygen atoms in total. The summed E-state index contributed by atoms with van der Waals surface area (Å²) < 4.78 is 2.27. The fourth-order valence-corrected chi connectivity index (χ4v) is 3.62. The molecule has 0 spiro atoms. The Morgan fingerprint density at radius 2 is 1.89 bits per heavy atom. The summed E-state index contributed by atoms with van der Waals surface area (Å²) in [6.45, 7) is 0. The van der Waals surface area contributed by atoms with E-state index in [9.17, 15) is 4.79 Å². The van der Waals surface area contributed by atoms with Crippen LogP contribution < -0.4 is 5.32 Å². The van der Waals surface area contributed by atoms with Crippen LogP contribution in [0.3, 0.4) is 0 Å². The van der Waals surface area contributed by atoms with Crippen LogP contribution in [0.1, 0.15) is 9.67 Å². The lowest BCUT2D eigenvalue weighted by atomic mass is 10.3. The van der Waals surface area contributed by atoms with Gasteiger partial charge < -0.3 is 10.4 Å². The summed E-state index contributed by atoms with van der Waals surface area (Å²) in [5, 5.41) is 14.0. The van der Waals surface area contributed by atoms with Crippen LogP contribution in [0.15, 0.2) is 41.8 Å². The van der Waals surface area contributed by atoms with Crippen molar-refractivity contribution in [1.82, 2.24) is 0 Å². The Morgan fingerprint density at radius 1 is 1.11 bits per heavy atom. The van der Waals surface area contributed by atoms with Crippen LogP contribution in [0.25, 0.3) is 9.40 Å². The number of carbonyl (C=O) groups excluding carboxylic acids is 1. The minimum absolute atomic E-state index is 0.117. The molecule has 3 rings (SSSR count). The zero-order chi connectivity index (χ0) is 12.5. The molecule has 0 aliphatic carbocycles. The van der Waals surface area contributed by atoms with Crippen molar-refractivity contribution in [2.45, 2.75) is 0 Å². The zero-order valence-corrected chi connectivity index (χ0v) is 10.8. The molecule has 1 aromatic carbocycles. The van der Waals surface area contributed by atoms with Gasteiger partial charge in [-0.2, -0.15) is 0 Å². The van der Waals surface area contributed by atoms with Gasteiger partial charge in [0.2, 0.25) is 0 Å². The molecule has 1 amide bonds. The number of phenols is 1. The molecule has 2 aromatic heterocycles. The molecule has 0 unspecified atom stereocenters. The van der Waals surface area contributed by atoms with Crippen molar-refractivity contribution in [3.8, 4) is 5.75 Å². The van der Waals surface area contributed by atoms with E-state index >= 15 is 0 Å². The van der Waals surface area contributed by atoms with E-state index in [0.717, 1.165) is 9.40 Å². The third-order valence-corrected chi connectivity index (χ3v) is 4.58. The first-order chi connectivity index (χ1) is 8.72. The Hall–Kier alpha value is -1.85. The first kappa shape index (κ1) is 11.3. The number of benzene rings is 1. The maximum Gasteiger partial charge on any atom is 0.265 e. The lowest BCUT2D eigenvalue weighted by Gasteiger charge is -2.02. The van der Waals surface area contributed by atoms with E-state index in [0.29, 0.717) is 10.6 Å². The second-order valence-electron chi connectivity index (χ2n) is 3.76. The molecular formula is C13H9NO2S2. The Kier molecular flexibility index (Phi) is 2.77. The summed E-state index contributed by atoms with van der Waals surface area (Å²) in [6, 6.07) is 10.3. The molecule has 0 atom stereocenters. The highest BCUT2D eigenvalue weighted by Crippen LogP contribution is 2.30. The van der Waals surface area contributed by atoms with Crippen molar-refractivity contribution in [1.29, 1.82) is 0 Å². The molecule has 5 heteroatoms. The van der Waals surface area contributed by atoms with E-state index in [4.69, 9.17) is 5.11 Å². The van der Waals surface area contributed by atoms with Gasteiger partial charge in [-0.25, -0.2) is 0 Å². The van der Waals surface area contributed by atoms with Crippen LogP contribution in [-0.4, -0.2) is 11.0 Å². The average Bonchev–Trinajstić information content (AvgIpc) is 2.92. The Bertz CT molecular complexity index is 669. The molecule has 3 aromatic rings. The number of nitrogens with one attached hydrogen (secondary N) is 1. The number of anilines is 1. The van der Waals surface area contributed by atoms with Crippen LogP contribution in [0.4, 0.5) is 5.69 Å². The third kappa shape index (κ3) is 2.10. The van der Waals surface area contributed by atoms with Crippen LogP contribution in [0.2, 0.25) is 0 Å². The van der Waals surface area contributed by atoms with E-state index in [2.05, 4.69) is 5.32 Å². The van der Waals surface area contributed by atoms with Gasteiger partial charge in [0.05, 0.1) is 4.88 Å². The topological polar surface area (TPSA) is 49.3 Å². The molecule has 0 radical (unpaired) electrons. The predicted molar refractivity (Wildman–Crippen MR) is 75.8 cm³/mol. The summed E-state index contributed by atoms with van der Waals surface area (Å²) in [5.74, 6) is 0.0683. The SMILES string of the molecule is O=C(Nc1ccc(O)cc1)c1cc2sccc2s1. The van der Waals surface area contributed by atoms with Crippen LogP contribution >= 0.6 is 22.7 Å². The highest BCUT2D eigenvalue weighted by molar-refractivity contribution is 7.27.